The van der Waals surface area contributed by atoms with Gasteiger partial charge in [0.1, 0.15) is 0 Å². The first kappa shape index (κ1) is 50.2. The summed E-state index contributed by atoms with van der Waals surface area (Å²) >= 11 is 0. The largest absolute Gasteiger partial charge is 0.472 e. The molecule has 0 spiro atoms. The van der Waals surface area contributed by atoms with E-state index in [0.717, 1.165) is 38.5 Å². The lowest BCUT2D eigenvalue weighted by Crippen LogP contribution is -2.13. The summed E-state index contributed by atoms with van der Waals surface area (Å²) in [6.07, 6.45) is 40.6. The Bertz CT molecular complexity index is 722. The molecule has 50 heavy (non-hydrogen) atoms. The highest BCUT2D eigenvalue weighted by atomic mass is 31.2. The van der Waals surface area contributed by atoms with Crippen molar-refractivity contribution >= 4 is 15.6 Å². The fourth-order valence-corrected chi connectivity index (χ4v) is 7.98. The Morgan fingerprint density at radius 2 is 0.560 bits per heavy atom. The molecule has 0 aromatic carbocycles. The van der Waals surface area contributed by atoms with Gasteiger partial charge in [0.25, 0.3) is 0 Å². The molecule has 0 aromatic heterocycles. The third-order valence-corrected chi connectivity index (χ3v) is 11.5. The lowest BCUT2D eigenvalue weighted by Gasteiger charge is -2.17. The van der Waals surface area contributed by atoms with Gasteiger partial charge in [0.15, 0.2) is 0 Å². The predicted octanol–water partition coefficient (Wildman–Crippen LogP) is 14.4. The SMILES string of the molecule is CCCCCCCCCCCCCCCCCCOP(=O)(O)OCC(C)COP(=O)(O)OCCCCCCCCCCCCCCCCCC. The number of unbranched alkanes of at least 4 members (excludes halogenated alkanes) is 30. The fourth-order valence-electron chi connectivity index (χ4n) is 6.23. The summed E-state index contributed by atoms with van der Waals surface area (Å²) in [6.45, 7) is 6.36. The van der Waals surface area contributed by atoms with Crippen LogP contribution in [0.1, 0.15) is 226 Å². The summed E-state index contributed by atoms with van der Waals surface area (Å²) in [4.78, 5) is 19.9. The summed E-state index contributed by atoms with van der Waals surface area (Å²) < 4.78 is 44.8. The summed E-state index contributed by atoms with van der Waals surface area (Å²) in [5.74, 6) is -0.380. The Labute approximate surface area is 310 Å². The summed E-state index contributed by atoms with van der Waals surface area (Å²) in [6, 6.07) is 0. The molecule has 0 radical (unpaired) electrons. The van der Waals surface area contributed by atoms with Crippen LogP contribution in [0.2, 0.25) is 0 Å². The molecule has 2 unspecified atom stereocenters. The van der Waals surface area contributed by atoms with Crippen molar-refractivity contribution in [1.82, 2.24) is 0 Å². The van der Waals surface area contributed by atoms with Gasteiger partial charge in [0.05, 0.1) is 26.4 Å². The third-order valence-electron chi connectivity index (χ3n) is 9.55. The van der Waals surface area contributed by atoms with Gasteiger partial charge in [-0.2, -0.15) is 0 Å². The molecular formula is C40H84O8P2. The Morgan fingerprint density at radius 3 is 0.780 bits per heavy atom. The van der Waals surface area contributed by atoms with Gasteiger partial charge in [0.2, 0.25) is 0 Å². The molecule has 0 rings (SSSR count). The molecule has 10 heteroatoms. The van der Waals surface area contributed by atoms with Gasteiger partial charge in [-0.25, -0.2) is 9.13 Å². The van der Waals surface area contributed by atoms with Crippen LogP contribution in [0.25, 0.3) is 0 Å². The molecule has 0 aliphatic carbocycles. The topological polar surface area (TPSA) is 112 Å². The quantitative estimate of drug-likeness (QED) is 0.0468. The highest BCUT2D eigenvalue weighted by Gasteiger charge is 2.25. The molecule has 0 aliphatic heterocycles. The van der Waals surface area contributed by atoms with Crippen molar-refractivity contribution in [3.63, 3.8) is 0 Å². The second kappa shape index (κ2) is 37.5. The highest BCUT2D eigenvalue weighted by Crippen LogP contribution is 2.45. The average molecular weight is 755 g/mol. The second-order valence-corrected chi connectivity index (χ2v) is 17.8. The standard InChI is InChI=1S/C40H84O8P2/c1-4-6-8-10-12-14-16-18-20-22-24-26-28-30-32-34-36-45-49(41,42)47-38-40(3)39-48-50(43,44)46-37-35-33-31-29-27-25-23-21-19-17-15-13-11-9-7-5-2/h40H,4-39H2,1-3H3,(H,41,42)(H,43,44). The van der Waals surface area contributed by atoms with Crippen molar-refractivity contribution in [2.24, 2.45) is 5.92 Å². The fraction of sp³-hybridized carbons (Fsp3) is 1.00. The van der Waals surface area contributed by atoms with Crippen molar-refractivity contribution in [3.8, 4) is 0 Å². The van der Waals surface area contributed by atoms with E-state index >= 15 is 0 Å². The normalized spacial score (nSPS) is 14.9. The highest BCUT2D eigenvalue weighted by molar-refractivity contribution is 7.47. The molecule has 0 aliphatic rings. The van der Waals surface area contributed by atoms with Crippen molar-refractivity contribution in [2.75, 3.05) is 26.4 Å². The average Bonchev–Trinajstić information content (AvgIpc) is 3.09. The monoisotopic (exact) mass is 755 g/mol. The van der Waals surface area contributed by atoms with Gasteiger partial charge >= 0.3 is 15.6 Å². The zero-order valence-electron chi connectivity index (χ0n) is 33.3. The number of hydrogen-bond donors (Lipinski definition) is 2. The van der Waals surface area contributed by atoms with E-state index in [-0.39, 0.29) is 32.3 Å². The van der Waals surface area contributed by atoms with E-state index in [1.807, 2.05) is 0 Å². The molecule has 0 aromatic rings. The summed E-state index contributed by atoms with van der Waals surface area (Å²) in [7, 11) is -8.33. The van der Waals surface area contributed by atoms with Gasteiger partial charge in [-0.05, 0) is 12.8 Å². The molecule has 8 nitrogen and oxygen atoms in total. The lowest BCUT2D eigenvalue weighted by atomic mass is 10.0. The molecule has 2 N–H and O–H groups in total. The zero-order chi connectivity index (χ0) is 36.9. The second-order valence-electron chi connectivity index (χ2n) is 14.9. The molecular weight excluding hydrogens is 670 g/mol. The third kappa shape index (κ3) is 39.4. The van der Waals surface area contributed by atoms with E-state index in [1.54, 1.807) is 6.92 Å². The smallest absolute Gasteiger partial charge is 0.302 e. The minimum Gasteiger partial charge on any atom is -0.302 e. The molecule has 0 heterocycles. The van der Waals surface area contributed by atoms with E-state index in [9.17, 15) is 18.9 Å². The first-order valence-corrected chi connectivity index (χ1v) is 24.4. The maximum Gasteiger partial charge on any atom is 0.472 e. The number of hydrogen-bond acceptors (Lipinski definition) is 6. The van der Waals surface area contributed by atoms with Crippen LogP contribution in [0.4, 0.5) is 0 Å². The maximum absolute atomic E-state index is 12.2. The molecule has 0 amide bonds. The molecule has 0 bridgehead atoms. The van der Waals surface area contributed by atoms with Gasteiger partial charge in [-0.1, -0.05) is 213 Å². The summed E-state index contributed by atoms with van der Waals surface area (Å²) in [5, 5.41) is 0. The van der Waals surface area contributed by atoms with Crippen LogP contribution in [0.15, 0.2) is 0 Å². The summed E-state index contributed by atoms with van der Waals surface area (Å²) in [5.41, 5.74) is 0. The van der Waals surface area contributed by atoms with E-state index < -0.39 is 15.6 Å². The van der Waals surface area contributed by atoms with E-state index in [0.29, 0.717) is 0 Å². The Balaban J connectivity index is 3.57. The Kier molecular flexibility index (Phi) is 37.7. The van der Waals surface area contributed by atoms with Crippen LogP contribution < -0.4 is 0 Å². The number of phosphoric ester groups is 2. The number of rotatable bonds is 42. The van der Waals surface area contributed by atoms with Crippen LogP contribution in [0.3, 0.4) is 0 Å². The molecule has 0 saturated heterocycles. The van der Waals surface area contributed by atoms with Gasteiger partial charge < -0.3 is 9.79 Å². The predicted molar refractivity (Wildman–Crippen MR) is 212 cm³/mol. The maximum atomic E-state index is 12.2. The minimum absolute atomic E-state index is 0.119. The van der Waals surface area contributed by atoms with Crippen molar-refractivity contribution < 1.29 is 37.0 Å². The lowest BCUT2D eigenvalue weighted by molar-refractivity contribution is 0.0972. The minimum atomic E-state index is -4.17. The van der Waals surface area contributed by atoms with Crippen LogP contribution in [-0.2, 0) is 27.2 Å². The van der Waals surface area contributed by atoms with Gasteiger partial charge in [0, 0.05) is 5.92 Å². The van der Waals surface area contributed by atoms with Crippen LogP contribution >= 0.6 is 15.6 Å². The van der Waals surface area contributed by atoms with E-state index in [1.165, 1.54) is 167 Å². The Morgan fingerprint density at radius 1 is 0.360 bits per heavy atom. The van der Waals surface area contributed by atoms with Crippen molar-refractivity contribution in [1.29, 1.82) is 0 Å². The van der Waals surface area contributed by atoms with Gasteiger partial charge in [-0.3, -0.25) is 18.1 Å². The Hall–Kier alpha value is 0.220. The first-order valence-electron chi connectivity index (χ1n) is 21.5. The number of phosphoric acid groups is 2. The van der Waals surface area contributed by atoms with E-state index in [4.69, 9.17) is 18.1 Å². The van der Waals surface area contributed by atoms with Crippen molar-refractivity contribution in [3.05, 3.63) is 0 Å². The molecule has 302 valence electrons. The van der Waals surface area contributed by atoms with Crippen LogP contribution in [0.5, 0.6) is 0 Å². The molecule has 0 saturated carbocycles. The van der Waals surface area contributed by atoms with Crippen LogP contribution in [0, 0.1) is 5.92 Å². The first-order chi connectivity index (χ1) is 24.2. The van der Waals surface area contributed by atoms with Crippen LogP contribution in [-0.4, -0.2) is 36.2 Å². The molecule has 2 atom stereocenters. The van der Waals surface area contributed by atoms with Crippen molar-refractivity contribution in [2.45, 2.75) is 226 Å². The van der Waals surface area contributed by atoms with E-state index in [2.05, 4.69) is 13.8 Å². The zero-order valence-corrected chi connectivity index (χ0v) is 35.1. The molecule has 0 fully saturated rings. The van der Waals surface area contributed by atoms with Gasteiger partial charge in [-0.15, -0.1) is 0 Å².